The molecule has 0 saturated carbocycles. The fourth-order valence-corrected chi connectivity index (χ4v) is 4.61. The summed E-state index contributed by atoms with van der Waals surface area (Å²) in [5.74, 6) is 0. The second-order valence-corrected chi connectivity index (χ2v) is 7.79. The minimum absolute atomic E-state index is 0.638. The van der Waals surface area contributed by atoms with Crippen LogP contribution in [-0.2, 0) is 5.60 Å². The summed E-state index contributed by atoms with van der Waals surface area (Å²) < 4.78 is 0. The quantitative estimate of drug-likeness (QED) is 0.708. The minimum atomic E-state index is -0.853. The molecule has 1 aliphatic heterocycles. The van der Waals surface area contributed by atoms with Gasteiger partial charge in [-0.3, -0.25) is 0 Å². The number of halogens is 1. The predicted molar refractivity (Wildman–Crippen MR) is 104 cm³/mol. The first-order valence-electron chi connectivity index (χ1n) is 8.39. The molecule has 3 nitrogen and oxygen atoms in total. The van der Waals surface area contributed by atoms with Crippen LogP contribution in [0.2, 0.25) is 5.02 Å². The summed E-state index contributed by atoms with van der Waals surface area (Å²) in [4.78, 5) is 8.01. The lowest BCUT2D eigenvalue weighted by Crippen LogP contribution is -2.42. The summed E-state index contributed by atoms with van der Waals surface area (Å²) in [6.07, 6.45) is 3.23. The van der Waals surface area contributed by atoms with E-state index in [9.17, 15) is 5.11 Å². The van der Waals surface area contributed by atoms with E-state index in [-0.39, 0.29) is 0 Å². The normalized spacial score (nSPS) is 16.8. The van der Waals surface area contributed by atoms with Crippen molar-refractivity contribution in [2.45, 2.75) is 18.4 Å². The Bertz CT molecular complexity index is 857. The molecule has 4 rings (SSSR count). The number of hydrogen-bond acceptors (Lipinski definition) is 4. The van der Waals surface area contributed by atoms with Gasteiger partial charge in [-0.2, -0.15) is 0 Å². The maximum Gasteiger partial charge on any atom is 0.185 e. The second kappa shape index (κ2) is 6.79. The predicted octanol–water partition coefficient (Wildman–Crippen LogP) is 4.95. The number of anilines is 1. The first-order valence-corrected chi connectivity index (χ1v) is 9.59. The zero-order valence-electron chi connectivity index (χ0n) is 13.7. The van der Waals surface area contributed by atoms with Crippen LogP contribution in [0.25, 0.3) is 10.4 Å². The third-order valence-corrected chi connectivity index (χ3v) is 6.22. The summed E-state index contributed by atoms with van der Waals surface area (Å²) in [5.41, 5.74) is 1.17. The van der Waals surface area contributed by atoms with Crippen molar-refractivity contribution in [2.24, 2.45) is 0 Å². The van der Waals surface area contributed by atoms with E-state index < -0.39 is 5.60 Å². The lowest BCUT2D eigenvalue weighted by atomic mass is 9.84. The highest BCUT2D eigenvalue weighted by molar-refractivity contribution is 7.18. The van der Waals surface area contributed by atoms with Crippen LogP contribution < -0.4 is 4.90 Å². The van der Waals surface area contributed by atoms with Crippen molar-refractivity contribution >= 4 is 28.1 Å². The Hall–Kier alpha value is -1.88. The molecule has 2 heterocycles. The van der Waals surface area contributed by atoms with Crippen molar-refractivity contribution in [3.05, 3.63) is 71.4 Å². The Morgan fingerprint density at radius 1 is 1.00 bits per heavy atom. The van der Waals surface area contributed by atoms with Crippen LogP contribution in [0.15, 0.2) is 60.8 Å². The van der Waals surface area contributed by atoms with Crippen LogP contribution in [0.3, 0.4) is 0 Å². The average Bonchev–Trinajstić information content (AvgIpc) is 3.13. The molecule has 1 N–H and O–H groups in total. The SMILES string of the molecule is OC1(c2ccccc2Cl)CCN(c2ncc(-c3ccccc3)s2)CC1. The Morgan fingerprint density at radius 3 is 2.40 bits per heavy atom. The summed E-state index contributed by atoms with van der Waals surface area (Å²) >= 11 is 7.99. The Labute approximate surface area is 156 Å². The molecule has 2 aromatic carbocycles. The van der Waals surface area contributed by atoms with E-state index in [0.717, 1.165) is 23.8 Å². The number of hydrogen-bond donors (Lipinski definition) is 1. The van der Waals surface area contributed by atoms with E-state index in [1.54, 1.807) is 11.3 Å². The highest BCUT2D eigenvalue weighted by Crippen LogP contribution is 2.39. The van der Waals surface area contributed by atoms with Crippen molar-refractivity contribution in [1.29, 1.82) is 0 Å². The maximum absolute atomic E-state index is 11.0. The van der Waals surface area contributed by atoms with Gasteiger partial charge in [0.15, 0.2) is 5.13 Å². The largest absolute Gasteiger partial charge is 0.385 e. The van der Waals surface area contributed by atoms with Gasteiger partial charge in [-0.1, -0.05) is 71.5 Å². The van der Waals surface area contributed by atoms with Gasteiger partial charge < -0.3 is 10.0 Å². The van der Waals surface area contributed by atoms with E-state index in [1.165, 1.54) is 10.4 Å². The first kappa shape index (κ1) is 16.6. The van der Waals surface area contributed by atoms with E-state index in [4.69, 9.17) is 11.6 Å². The molecule has 5 heteroatoms. The number of aliphatic hydroxyl groups is 1. The lowest BCUT2D eigenvalue weighted by Gasteiger charge is -2.38. The smallest absolute Gasteiger partial charge is 0.185 e. The number of aromatic nitrogens is 1. The van der Waals surface area contributed by atoms with E-state index in [1.807, 2.05) is 48.7 Å². The Kier molecular flexibility index (Phi) is 4.50. The maximum atomic E-state index is 11.0. The van der Waals surface area contributed by atoms with Crippen LogP contribution >= 0.6 is 22.9 Å². The fourth-order valence-electron chi connectivity index (χ4n) is 3.32. The van der Waals surface area contributed by atoms with Crippen molar-refractivity contribution < 1.29 is 5.11 Å². The lowest BCUT2D eigenvalue weighted by molar-refractivity contribution is 0.0119. The molecule has 1 saturated heterocycles. The molecule has 128 valence electrons. The summed E-state index contributed by atoms with van der Waals surface area (Å²) in [6, 6.07) is 17.9. The molecule has 25 heavy (non-hydrogen) atoms. The minimum Gasteiger partial charge on any atom is -0.385 e. The van der Waals surface area contributed by atoms with Gasteiger partial charge in [0.1, 0.15) is 0 Å². The summed E-state index contributed by atoms with van der Waals surface area (Å²) in [7, 11) is 0. The average molecular weight is 371 g/mol. The van der Waals surface area contributed by atoms with Crippen LogP contribution in [0.1, 0.15) is 18.4 Å². The molecule has 0 aliphatic carbocycles. The third kappa shape index (κ3) is 3.30. The zero-order chi connectivity index (χ0) is 17.3. The molecule has 0 unspecified atom stereocenters. The molecular weight excluding hydrogens is 352 g/mol. The van der Waals surface area contributed by atoms with Crippen LogP contribution in [-0.4, -0.2) is 23.2 Å². The van der Waals surface area contributed by atoms with Gasteiger partial charge in [-0.05, 0) is 24.5 Å². The van der Waals surface area contributed by atoms with Gasteiger partial charge in [0.25, 0.3) is 0 Å². The number of benzene rings is 2. The molecule has 3 aromatic rings. The number of thiazole rings is 1. The molecule has 0 bridgehead atoms. The standard InChI is InChI=1S/C20H19ClN2OS/c21-17-9-5-4-8-16(17)20(24)10-12-23(13-11-20)19-22-14-18(25-19)15-6-2-1-3-7-15/h1-9,14,24H,10-13H2. The van der Waals surface area contributed by atoms with E-state index in [2.05, 4.69) is 22.0 Å². The molecule has 0 atom stereocenters. The van der Waals surface area contributed by atoms with Crippen LogP contribution in [0, 0.1) is 0 Å². The number of rotatable bonds is 3. The van der Waals surface area contributed by atoms with Gasteiger partial charge >= 0.3 is 0 Å². The van der Waals surface area contributed by atoms with Crippen molar-refractivity contribution in [2.75, 3.05) is 18.0 Å². The van der Waals surface area contributed by atoms with Crippen LogP contribution in [0.4, 0.5) is 5.13 Å². The van der Waals surface area contributed by atoms with Gasteiger partial charge in [0.05, 0.1) is 10.5 Å². The molecule has 0 spiro atoms. The monoisotopic (exact) mass is 370 g/mol. The zero-order valence-corrected chi connectivity index (χ0v) is 15.3. The van der Waals surface area contributed by atoms with Gasteiger partial charge in [0.2, 0.25) is 0 Å². The van der Waals surface area contributed by atoms with Crippen molar-refractivity contribution in [3.8, 4) is 10.4 Å². The molecule has 0 amide bonds. The summed E-state index contributed by atoms with van der Waals surface area (Å²) in [6.45, 7) is 1.53. The third-order valence-electron chi connectivity index (χ3n) is 4.79. The van der Waals surface area contributed by atoms with Gasteiger partial charge in [0, 0.05) is 29.9 Å². The molecule has 1 aliphatic rings. The van der Waals surface area contributed by atoms with E-state index >= 15 is 0 Å². The highest BCUT2D eigenvalue weighted by Gasteiger charge is 2.36. The second-order valence-electron chi connectivity index (χ2n) is 6.37. The molecule has 1 aromatic heterocycles. The van der Waals surface area contributed by atoms with Gasteiger partial charge in [-0.25, -0.2) is 4.98 Å². The van der Waals surface area contributed by atoms with E-state index in [0.29, 0.717) is 17.9 Å². The highest BCUT2D eigenvalue weighted by atomic mass is 35.5. The Morgan fingerprint density at radius 2 is 1.68 bits per heavy atom. The van der Waals surface area contributed by atoms with Gasteiger partial charge in [-0.15, -0.1) is 0 Å². The molecular formula is C20H19ClN2OS. The Balaban J connectivity index is 1.49. The topological polar surface area (TPSA) is 36.4 Å². The van der Waals surface area contributed by atoms with Crippen LogP contribution in [0.5, 0.6) is 0 Å². The molecule has 1 fully saturated rings. The fraction of sp³-hybridized carbons (Fsp3) is 0.250. The number of piperidine rings is 1. The summed E-state index contributed by atoms with van der Waals surface area (Å²) in [5, 5.41) is 12.7. The van der Waals surface area contributed by atoms with Crippen molar-refractivity contribution in [3.63, 3.8) is 0 Å². The van der Waals surface area contributed by atoms with Crippen molar-refractivity contribution in [1.82, 2.24) is 4.98 Å². The number of nitrogens with zero attached hydrogens (tertiary/aromatic N) is 2. The first-order chi connectivity index (χ1) is 12.2. The molecule has 0 radical (unpaired) electrons.